The molecule has 2 aromatic heterocycles. The van der Waals surface area contributed by atoms with E-state index in [4.69, 9.17) is 11.2 Å². The standard InChI is InChI=1S/C26H22FN5O3/c1-3-18-21(27)7-4-14-8-17(33)9-22(24(14)18)32-26(34)19-10-23(35-2)30-25(20(19)11-28-32)31-12-15-5-6-16(13-31)29-15/h1,4,7-11,15-16,29,33H,5-6,12-13H2,2H3. The molecule has 4 heterocycles. The molecule has 2 aromatic carbocycles. The van der Waals surface area contributed by atoms with Crippen molar-refractivity contribution >= 4 is 27.4 Å². The SMILES string of the molecule is C#Cc1c(F)ccc2cc(O)cc(-n3ncc4c(N5CC6CCC(C5)N6)nc(OC)cc4c3=O)c12. The summed E-state index contributed by atoms with van der Waals surface area (Å²) in [5.41, 5.74) is -0.269. The predicted octanol–water partition coefficient (Wildman–Crippen LogP) is 2.71. The van der Waals surface area contributed by atoms with Crippen LogP contribution in [0.25, 0.3) is 27.2 Å². The van der Waals surface area contributed by atoms with Gasteiger partial charge in [0.1, 0.15) is 17.4 Å². The third-order valence-corrected chi connectivity index (χ3v) is 6.87. The lowest BCUT2D eigenvalue weighted by molar-refractivity contribution is 0.397. The van der Waals surface area contributed by atoms with Gasteiger partial charge in [0.25, 0.3) is 5.56 Å². The van der Waals surface area contributed by atoms with Crippen LogP contribution in [0.4, 0.5) is 10.2 Å². The Labute approximate surface area is 200 Å². The Morgan fingerprint density at radius 2 is 1.97 bits per heavy atom. The van der Waals surface area contributed by atoms with Gasteiger partial charge in [0.05, 0.1) is 35.3 Å². The molecule has 2 atom stereocenters. The summed E-state index contributed by atoms with van der Waals surface area (Å²) in [7, 11) is 1.50. The average Bonchev–Trinajstić information content (AvgIpc) is 3.20. The normalized spacial score (nSPS) is 19.3. The first-order valence-electron chi connectivity index (χ1n) is 11.4. The average molecular weight is 471 g/mol. The second-order valence-electron chi connectivity index (χ2n) is 8.98. The number of ether oxygens (including phenoxy) is 1. The van der Waals surface area contributed by atoms with Gasteiger partial charge in [0.15, 0.2) is 0 Å². The van der Waals surface area contributed by atoms with Gasteiger partial charge < -0.3 is 20.1 Å². The third kappa shape index (κ3) is 3.37. The van der Waals surface area contributed by atoms with Crippen molar-refractivity contribution in [3.8, 4) is 29.7 Å². The number of phenolic OH excluding ortho intramolecular Hbond substituents is 1. The number of nitrogens with zero attached hydrogens (tertiary/aromatic N) is 4. The number of aromatic nitrogens is 3. The van der Waals surface area contributed by atoms with Crippen molar-refractivity contribution < 1.29 is 14.2 Å². The van der Waals surface area contributed by atoms with Crippen molar-refractivity contribution in [2.75, 3.05) is 25.1 Å². The number of fused-ring (bicyclic) bond motifs is 4. The van der Waals surface area contributed by atoms with Gasteiger partial charge in [0, 0.05) is 42.7 Å². The second kappa shape index (κ2) is 7.96. The molecule has 4 aromatic rings. The number of hydrogen-bond acceptors (Lipinski definition) is 7. The Bertz CT molecular complexity index is 1600. The third-order valence-electron chi connectivity index (χ3n) is 6.87. The van der Waals surface area contributed by atoms with Crippen LogP contribution >= 0.6 is 0 Å². The molecule has 2 N–H and O–H groups in total. The Hall–Kier alpha value is -4.16. The highest BCUT2D eigenvalue weighted by molar-refractivity contribution is 5.97. The van der Waals surface area contributed by atoms with Gasteiger partial charge in [0.2, 0.25) is 5.88 Å². The number of rotatable bonds is 3. The minimum Gasteiger partial charge on any atom is -0.508 e. The van der Waals surface area contributed by atoms with Crippen molar-refractivity contribution in [1.29, 1.82) is 0 Å². The maximum Gasteiger partial charge on any atom is 0.279 e. The topological polar surface area (TPSA) is 92.5 Å². The quantitative estimate of drug-likeness (QED) is 0.444. The van der Waals surface area contributed by atoms with Gasteiger partial charge in [-0.2, -0.15) is 14.8 Å². The van der Waals surface area contributed by atoms with E-state index < -0.39 is 11.4 Å². The highest BCUT2D eigenvalue weighted by Gasteiger charge is 2.33. The number of aromatic hydroxyl groups is 1. The van der Waals surface area contributed by atoms with Gasteiger partial charge in [-0.3, -0.25) is 4.79 Å². The Morgan fingerprint density at radius 1 is 1.20 bits per heavy atom. The molecule has 176 valence electrons. The molecule has 35 heavy (non-hydrogen) atoms. The van der Waals surface area contributed by atoms with Crippen LogP contribution in [0.1, 0.15) is 18.4 Å². The molecule has 6 rings (SSSR count). The van der Waals surface area contributed by atoms with Crippen LogP contribution in [0.2, 0.25) is 0 Å². The number of phenols is 1. The van der Waals surface area contributed by atoms with E-state index in [0.29, 0.717) is 45.3 Å². The second-order valence-corrected chi connectivity index (χ2v) is 8.98. The molecular formula is C26H22FN5O3. The van der Waals surface area contributed by atoms with Crippen LogP contribution in [-0.2, 0) is 0 Å². The fourth-order valence-electron chi connectivity index (χ4n) is 5.30. The van der Waals surface area contributed by atoms with Gasteiger partial charge in [-0.05, 0) is 30.4 Å². The zero-order valence-electron chi connectivity index (χ0n) is 19.0. The van der Waals surface area contributed by atoms with E-state index in [2.05, 4.69) is 26.2 Å². The highest BCUT2D eigenvalue weighted by Crippen LogP contribution is 2.33. The van der Waals surface area contributed by atoms with Gasteiger partial charge in [-0.15, -0.1) is 6.42 Å². The summed E-state index contributed by atoms with van der Waals surface area (Å²) in [6.07, 6.45) is 9.39. The van der Waals surface area contributed by atoms with Crippen LogP contribution in [0.5, 0.6) is 11.6 Å². The first-order valence-corrected chi connectivity index (χ1v) is 11.4. The number of piperazine rings is 1. The molecule has 9 heteroatoms. The van der Waals surface area contributed by atoms with Crippen molar-refractivity contribution in [3.05, 3.63) is 58.3 Å². The Morgan fingerprint density at radius 3 is 2.69 bits per heavy atom. The van der Waals surface area contributed by atoms with Gasteiger partial charge in [-0.1, -0.05) is 12.0 Å². The number of terminal acetylenes is 1. The van der Waals surface area contributed by atoms with Crippen LogP contribution < -0.4 is 20.5 Å². The van der Waals surface area contributed by atoms with Crippen LogP contribution in [0.3, 0.4) is 0 Å². The molecule has 0 amide bonds. The summed E-state index contributed by atoms with van der Waals surface area (Å²) in [5.74, 6) is 2.63. The Kier molecular flexibility index (Phi) is 4.86. The van der Waals surface area contributed by atoms with Crippen molar-refractivity contribution in [1.82, 2.24) is 20.1 Å². The number of pyridine rings is 1. The summed E-state index contributed by atoms with van der Waals surface area (Å²) in [4.78, 5) is 20.6. The largest absolute Gasteiger partial charge is 0.508 e. The fraction of sp³-hybridized carbons (Fsp3) is 0.269. The fourth-order valence-corrected chi connectivity index (χ4v) is 5.30. The lowest BCUT2D eigenvalue weighted by Crippen LogP contribution is -2.51. The van der Waals surface area contributed by atoms with E-state index in [-0.39, 0.29) is 17.0 Å². The molecule has 2 fully saturated rings. The number of hydrogen-bond donors (Lipinski definition) is 2. The summed E-state index contributed by atoms with van der Waals surface area (Å²) in [6.45, 7) is 1.55. The van der Waals surface area contributed by atoms with Crippen LogP contribution in [-0.4, -0.2) is 52.2 Å². The minimum absolute atomic E-state index is 0.00409. The molecule has 2 aliphatic rings. The maximum atomic E-state index is 14.5. The molecule has 2 aliphatic heterocycles. The summed E-state index contributed by atoms with van der Waals surface area (Å²) < 4.78 is 21.1. The van der Waals surface area contributed by atoms with E-state index in [0.717, 1.165) is 30.6 Å². The van der Waals surface area contributed by atoms with E-state index in [1.807, 2.05) is 0 Å². The lowest BCUT2D eigenvalue weighted by Gasteiger charge is -2.34. The molecule has 2 saturated heterocycles. The van der Waals surface area contributed by atoms with Crippen molar-refractivity contribution in [3.63, 3.8) is 0 Å². The Balaban J connectivity index is 1.60. The number of methoxy groups -OCH3 is 1. The summed E-state index contributed by atoms with van der Waals surface area (Å²) >= 11 is 0. The maximum absolute atomic E-state index is 14.5. The van der Waals surface area contributed by atoms with E-state index >= 15 is 0 Å². The van der Waals surface area contributed by atoms with Crippen molar-refractivity contribution in [2.24, 2.45) is 0 Å². The first-order chi connectivity index (χ1) is 17.0. The zero-order valence-corrected chi connectivity index (χ0v) is 19.0. The molecule has 0 saturated carbocycles. The number of halogens is 1. The molecule has 2 unspecified atom stereocenters. The molecule has 0 aliphatic carbocycles. The van der Waals surface area contributed by atoms with E-state index in [9.17, 15) is 14.3 Å². The molecule has 2 bridgehead atoms. The van der Waals surface area contributed by atoms with Crippen LogP contribution in [0, 0.1) is 18.2 Å². The number of nitrogens with one attached hydrogen (secondary N) is 1. The molecule has 8 nitrogen and oxygen atoms in total. The summed E-state index contributed by atoms with van der Waals surface area (Å²) in [6, 6.07) is 7.89. The van der Waals surface area contributed by atoms with Crippen molar-refractivity contribution in [2.45, 2.75) is 24.9 Å². The van der Waals surface area contributed by atoms with Crippen LogP contribution in [0.15, 0.2) is 41.3 Å². The first kappa shape index (κ1) is 21.4. The predicted molar refractivity (Wildman–Crippen MR) is 131 cm³/mol. The summed E-state index contributed by atoms with van der Waals surface area (Å²) in [5, 5.41) is 20.1. The number of anilines is 1. The minimum atomic E-state index is -0.595. The molecular weight excluding hydrogens is 449 g/mol. The molecule has 0 spiro atoms. The highest BCUT2D eigenvalue weighted by atomic mass is 19.1. The smallest absolute Gasteiger partial charge is 0.279 e. The van der Waals surface area contributed by atoms with Gasteiger partial charge >= 0.3 is 0 Å². The monoisotopic (exact) mass is 471 g/mol. The van der Waals surface area contributed by atoms with Gasteiger partial charge in [-0.25, -0.2) is 4.39 Å². The lowest BCUT2D eigenvalue weighted by atomic mass is 10.0. The molecule has 0 radical (unpaired) electrons. The number of benzene rings is 2. The zero-order chi connectivity index (χ0) is 24.3. The van der Waals surface area contributed by atoms with E-state index in [1.54, 1.807) is 12.3 Å². The van der Waals surface area contributed by atoms with E-state index in [1.165, 1.54) is 31.4 Å².